The largest absolute Gasteiger partial charge is 0.481 e. The number of aromatic nitrogens is 1. The van der Waals surface area contributed by atoms with Crippen molar-refractivity contribution >= 4 is 17.2 Å². The molecule has 0 N–H and O–H groups in total. The number of pyridine rings is 1. The number of hydrazone groups is 1. The molecule has 5 nitrogen and oxygen atoms in total. The van der Waals surface area contributed by atoms with Crippen molar-refractivity contribution in [1.82, 2.24) is 4.98 Å². The van der Waals surface area contributed by atoms with Crippen LogP contribution in [0.4, 0.5) is 11.5 Å². The van der Waals surface area contributed by atoms with Crippen molar-refractivity contribution in [1.29, 1.82) is 0 Å². The van der Waals surface area contributed by atoms with Crippen molar-refractivity contribution in [3.8, 4) is 5.88 Å². The van der Waals surface area contributed by atoms with E-state index < -0.39 is 0 Å². The van der Waals surface area contributed by atoms with Gasteiger partial charge in [0.15, 0.2) is 5.82 Å². The van der Waals surface area contributed by atoms with Crippen LogP contribution in [0.15, 0.2) is 77.9 Å². The van der Waals surface area contributed by atoms with Gasteiger partial charge in [-0.2, -0.15) is 10.1 Å². The fourth-order valence-electron chi connectivity index (χ4n) is 3.93. The third-order valence-corrected chi connectivity index (χ3v) is 5.58. The first-order valence-corrected chi connectivity index (χ1v) is 10.5. The molecule has 3 aromatic rings. The fraction of sp³-hybridized carbons (Fsp3) is 0.280. The number of hydrogen-bond acceptors (Lipinski definition) is 5. The molecule has 1 atom stereocenters. The van der Waals surface area contributed by atoms with Gasteiger partial charge in [-0.05, 0) is 43.2 Å². The van der Waals surface area contributed by atoms with Crippen molar-refractivity contribution in [3.63, 3.8) is 0 Å². The monoisotopic (exact) mass is 400 g/mol. The van der Waals surface area contributed by atoms with Gasteiger partial charge in [0.2, 0.25) is 5.88 Å². The first kappa shape index (κ1) is 20.0. The van der Waals surface area contributed by atoms with Gasteiger partial charge in [-0.15, -0.1) is 0 Å². The molecule has 1 aliphatic rings. The second-order valence-corrected chi connectivity index (χ2v) is 7.28. The van der Waals surface area contributed by atoms with Crippen LogP contribution < -0.4 is 14.6 Å². The molecule has 0 saturated carbocycles. The zero-order valence-electron chi connectivity index (χ0n) is 17.8. The predicted octanol–water partition coefficient (Wildman–Crippen LogP) is 5.29. The predicted molar refractivity (Wildman–Crippen MR) is 124 cm³/mol. The lowest BCUT2D eigenvalue weighted by Crippen LogP contribution is -2.21. The maximum absolute atomic E-state index is 5.33. The SMILES string of the molecule is CCN(CC)c1ccc(C2=NN(c3cccc(OC)n3)C(c3ccccc3)C2)cc1. The minimum atomic E-state index is 0.100. The molecule has 2 heterocycles. The molecular weight excluding hydrogens is 372 g/mol. The number of methoxy groups -OCH3 is 1. The Balaban J connectivity index is 1.68. The molecule has 30 heavy (non-hydrogen) atoms. The third kappa shape index (κ3) is 4.01. The Hall–Kier alpha value is -3.34. The maximum Gasteiger partial charge on any atom is 0.214 e. The average Bonchev–Trinajstić information content (AvgIpc) is 3.26. The highest BCUT2D eigenvalue weighted by Crippen LogP contribution is 2.36. The minimum absolute atomic E-state index is 0.100. The van der Waals surface area contributed by atoms with E-state index in [0.29, 0.717) is 5.88 Å². The van der Waals surface area contributed by atoms with Crippen LogP contribution in [0.2, 0.25) is 0 Å². The van der Waals surface area contributed by atoms with E-state index in [1.54, 1.807) is 7.11 Å². The Kier molecular flexibility index (Phi) is 5.98. The van der Waals surface area contributed by atoms with E-state index in [9.17, 15) is 0 Å². The molecule has 1 aromatic heterocycles. The molecule has 154 valence electrons. The summed E-state index contributed by atoms with van der Waals surface area (Å²) in [6, 6.07) is 25.1. The second-order valence-electron chi connectivity index (χ2n) is 7.28. The van der Waals surface area contributed by atoms with Gasteiger partial charge in [0, 0.05) is 31.3 Å². The van der Waals surface area contributed by atoms with Crippen LogP contribution in [0, 0.1) is 0 Å². The van der Waals surface area contributed by atoms with E-state index in [1.807, 2.05) is 29.3 Å². The van der Waals surface area contributed by atoms with Gasteiger partial charge in [0.1, 0.15) is 0 Å². The van der Waals surface area contributed by atoms with Crippen molar-refractivity contribution < 1.29 is 4.74 Å². The molecule has 0 amide bonds. The average molecular weight is 401 g/mol. The normalized spacial score (nSPS) is 15.8. The van der Waals surface area contributed by atoms with E-state index in [2.05, 4.69) is 72.3 Å². The number of nitrogens with zero attached hydrogens (tertiary/aromatic N) is 4. The molecule has 2 aromatic carbocycles. The van der Waals surface area contributed by atoms with E-state index in [0.717, 1.165) is 36.6 Å². The topological polar surface area (TPSA) is 41.0 Å². The van der Waals surface area contributed by atoms with Crippen molar-refractivity contribution in [2.75, 3.05) is 30.1 Å². The van der Waals surface area contributed by atoms with Crippen LogP contribution >= 0.6 is 0 Å². The Morgan fingerprint density at radius 1 is 0.933 bits per heavy atom. The lowest BCUT2D eigenvalue weighted by molar-refractivity contribution is 0.397. The summed E-state index contributed by atoms with van der Waals surface area (Å²) in [5.41, 5.74) is 4.69. The smallest absolute Gasteiger partial charge is 0.214 e. The van der Waals surface area contributed by atoms with Gasteiger partial charge in [-0.1, -0.05) is 48.5 Å². The lowest BCUT2D eigenvalue weighted by Gasteiger charge is -2.23. The third-order valence-electron chi connectivity index (χ3n) is 5.58. The summed E-state index contributed by atoms with van der Waals surface area (Å²) in [5, 5.41) is 7.01. The summed E-state index contributed by atoms with van der Waals surface area (Å²) < 4.78 is 5.33. The van der Waals surface area contributed by atoms with Gasteiger partial charge < -0.3 is 9.64 Å². The fourth-order valence-corrected chi connectivity index (χ4v) is 3.93. The summed E-state index contributed by atoms with van der Waals surface area (Å²) in [5.74, 6) is 1.38. The zero-order chi connectivity index (χ0) is 20.9. The van der Waals surface area contributed by atoms with Gasteiger partial charge in [0.05, 0.1) is 18.9 Å². The number of benzene rings is 2. The number of anilines is 2. The van der Waals surface area contributed by atoms with Crippen molar-refractivity contribution in [2.24, 2.45) is 5.10 Å². The van der Waals surface area contributed by atoms with Gasteiger partial charge in [-0.3, -0.25) is 0 Å². The van der Waals surface area contributed by atoms with Crippen LogP contribution in [0.3, 0.4) is 0 Å². The van der Waals surface area contributed by atoms with Gasteiger partial charge in [-0.25, -0.2) is 5.01 Å². The molecule has 0 bridgehead atoms. The molecule has 0 spiro atoms. The summed E-state index contributed by atoms with van der Waals surface area (Å²) in [6.07, 6.45) is 0.827. The Morgan fingerprint density at radius 3 is 2.33 bits per heavy atom. The number of ether oxygens (including phenoxy) is 1. The van der Waals surface area contributed by atoms with Crippen LogP contribution in [0.25, 0.3) is 0 Å². The molecule has 5 heteroatoms. The molecule has 4 rings (SSSR count). The van der Waals surface area contributed by atoms with Crippen LogP contribution in [-0.4, -0.2) is 30.9 Å². The van der Waals surface area contributed by atoms with Crippen molar-refractivity contribution in [2.45, 2.75) is 26.3 Å². The van der Waals surface area contributed by atoms with Crippen LogP contribution in [0.1, 0.15) is 37.4 Å². The Bertz CT molecular complexity index is 997. The number of hydrogen-bond donors (Lipinski definition) is 0. The van der Waals surface area contributed by atoms with Crippen LogP contribution in [-0.2, 0) is 0 Å². The quantitative estimate of drug-likeness (QED) is 0.540. The van der Waals surface area contributed by atoms with Gasteiger partial charge >= 0.3 is 0 Å². The molecule has 0 saturated heterocycles. The summed E-state index contributed by atoms with van der Waals surface area (Å²) in [4.78, 5) is 6.97. The first-order valence-electron chi connectivity index (χ1n) is 10.5. The van der Waals surface area contributed by atoms with E-state index >= 15 is 0 Å². The minimum Gasteiger partial charge on any atom is -0.481 e. The van der Waals surface area contributed by atoms with E-state index in [4.69, 9.17) is 9.84 Å². The van der Waals surface area contributed by atoms with E-state index in [-0.39, 0.29) is 6.04 Å². The highest BCUT2D eigenvalue weighted by Gasteiger charge is 2.30. The molecule has 0 aliphatic carbocycles. The molecule has 0 fully saturated rings. The maximum atomic E-state index is 5.33. The highest BCUT2D eigenvalue weighted by atomic mass is 16.5. The van der Waals surface area contributed by atoms with Crippen molar-refractivity contribution in [3.05, 3.63) is 83.9 Å². The second kappa shape index (κ2) is 8.99. The van der Waals surface area contributed by atoms with Crippen LogP contribution in [0.5, 0.6) is 5.88 Å². The standard InChI is InChI=1S/C25H28N4O/c1-4-28(5-2)21-16-14-19(15-17-21)22-18-23(20-10-7-6-8-11-20)29(27-22)24-12-9-13-25(26-24)30-3/h6-17,23H,4-5,18H2,1-3H3. The lowest BCUT2D eigenvalue weighted by atomic mass is 9.98. The molecule has 1 unspecified atom stereocenters. The highest BCUT2D eigenvalue weighted by molar-refractivity contribution is 6.03. The molecule has 0 radical (unpaired) electrons. The summed E-state index contributed by atoms with van der Waals surface area (Å²) in [6.45, 7) is 6.37. The molecular formula is C25H28N4O. The van der Waals surface area contributed by atoms with E-state index in [1.165, 1.54) is 11.3 Å². The zero-order valence-corrected chi connectivity index (χ0v) is 17.8. The first-order chi connectivity index (χ1) is 14.7. The molecule has 1 aliphatic heterocycles. The van der Waals surface area contributed by atoms with Gasteiger partial charge in [0.25, 0.3) is 0 Å². The number of rotatable bonds is 7. The Morgan fingerprint density at radius 2 is 1.67 bits per heavy atom. The summed E-state index contributed by atoms with van der Waals surface area (Å²) >= 11 is 0. The summed E-state index contributed by atoms with van der Waals surface area (Å²) in [7, 11) is 1.64. The Labute approximate surface area is 178 Å².